The first-order valence-corrected chi connectivity index (χ1v) is 3.83. The van der Waals surface area contributed by atoms with Crippen LogP contribution in [-0.4, -0.2) is 26.9 Å². The minimum Gasteiger partial charge on any atom is -0.384 e. The van der Waals surface area contributed by atoms with Gasteiger partial charge in [-0.2, -0.15) is 0 Å². The average molecular weight is 144 g/mol. The molecule has 1 rings (SSSR count). The van der Waals surface area contributed by atoms with Crippen LogP contribution in [0, 0.1) is 5.41 Å². The van der Waals surface area contributed by atoms with E-state index in [1.807, 2.05) is 0 Å². The molecule has 0 N–H and O–H groups in total. The standard InChI is InChI=1S/C8H16O2/c1-8(6-9-2)4-3-5-10-7-8/h3-7H2,1-2H3. The van der Waals surface area contributed by atoms with Crippen LogP contribution in [-0.2, 0) is 9.47 Å². The number of ether oxygens (including phenoxy) is 2. The molecule has 0 saturated carbocycles. The van der Waals surface area contributed by atoms with Gasteiger partial charge in [-0.3, -0.25) is 0 Å². The lowest BCUT2D eigenvalue weighted by molar-refractivity contribution is -0.0380. The van der Waals surface area contributed by atoms with Crippen LogP contribution in [0.15, 0.2) is 0 Å². The fourth-order valence-corrected chi connectivity index (χ4v) is 1.45. The van der Waals surface area contributed by atoms with Crippen LogP contribution < -0.4 is 0 Å². The van der Waals surface area contributed by atoms with Gasteiger partial charge >= 0.3 is 0 Å². The van der Waals surface area contributed by atoms with Gasteiger partial charge in [-0.25, -0.2) is 0 Å². The van der Waals surface area contributed by atoms with Crippen molar-refractivity contribution in [3.63, 3.8) is 0 Å². The predicted molar refractivity (Wildman–Crippen MR) is 40.0 cm³/mol. The molecule has 1 saturated heterocycles. The van der Waals surface area contributed by atoms with Gasteiger partial charge in [-0.05, 0) is 12.8 Å². The molecule has 1 aliphatic rings. The first-order chi connectivity index (χ1) is 4.77. The molecule has 1 unspecified atom stereocenters. The van der Waals surface area contributed by atoms with Crippen LogP contribution in [0.4, 0.5) is 0 Å². The van der Waals surface area contributed by atoms with Crippen LogP contribution >= 0.6 is 0 Å². The zero-order valence-electron chi connectivity index (χ0n) is 6.85. The van der Waals surface area contributed by atoms with Crippen LogP contribution in [0.1, 0.15) is 19.8 Å². The van der Waals surface area contributed by atoms with E-state index >= 15 is 0 Å². The third kappa shape index (κ3) is 1.96. The summed E-state index contributed by atoms with van der Waals surface area (Å²) in [5, 5.41) is 0. The van der Waals surface area contributed by atoms with Crippen LogP contribution in [0.2, 0.25) is 0 Å². The topological polar surface area (TPSA) is 18.5 Å². The second-order valence-corrected chi connectivity index (χ2v) is 3.40. The molecule has 2 nitrogen and oxygen atoms in total. The smallest absolute Gasteiger partial charge is 0.0541 e. The van der Waals surface area contributed by atoms with Crippen molar-refractivity contribution in [2.45, 2.75) is 19.8 Å². The Morgan fingerprint density at radius 1 is 1.60 bits per heavy atom. The molecule has 1 fully saturated rings. The van der Waals surface area contributed by atoms with Crippen molar-refractivity contribution >= 4 is 0 Å². The quantitative estimate of drug-likeness (QED) is 0.584. The highest BCUT2D eigenvalue weighted by molar-refractivity contribution is 4.76. The van der Waals surface area contributed by atoms with Crippen molar-refractivity contribution in [1.29, 1.82) is 0 Å². The molecule has 0 radical (unpaired) electrons. The zero-order chi connectivity index (χ0) is 7.45. The average Bonchev–Trinajstić information content (AvgIpc) is 1.89. The van der Waals surface area contributed by atoms with Crippen molar-refractivity contribution < 1.29 is 9.47 Å². The monoisotopic (exact) mass is 144 g/mol. The van der Waals surface area contributed by atoms with Gasteiger partial charge in [-0.15, -0.1) is 0 Å². The maximum absolute atomic E-state index is 5.36. The van der Waals surface area contributed by atoms with Gasteiger partial charge in [0.25, 0.3) is 0 Å². The summed E-state index contributed by atoms with van der Waals surface area (Å²) in [5.41, 5.74) is 0.285. The Labute approximate surface area is 62.5 Å². The molecular formula is C8H16O2. The van der Waals surface area contributed by atoms with E-state index in [9.17, 15) is 0 Å². The Morgan fingerprint density at radius 3 is 2.90 bits per heavy atom. The van der Waals surface area contributed by atoms with Gasteiger partial charge in [0.05, 0.1) is 13.2 Å². The summed E-state index contributed by atoms with van der Waals surface area (Å²) in [6.07, 6.45) is 2.42. The Kier molecular flexibility index (Phi) is 2.69. The Balaban J connectivity index is 2.32. The van der Waals surface area contributed by atoms with Gasteiger partial charge in [-0.1, -0.05) is 6.92 Å². The molecule has 1 aliphatic heterocycles. The van der Waals surface area contributed by atoms with Gasteiger partial charge in [0.1, 0.15) is 0 Å². The molecule has 0 aliphatic carbocycles. The van der Waals surface area contributed by atoms with E-state index in [-0.39, 0.29) is 5.41 Å². The third-order valence-corrected chi connectivity index (χ3v) is 2.01. The summed E-state index contributed by atoms with van der Waals surface area (Å²) < 4.78 is 10.5. The molecule has 0 aromatic carbocycles. The lowest BCUT2D eigenvalue weighted by atomic mass is 9.86. The van der Waals surface area contributed by atoms with E-state index in [0.717, 1.165) is 19.8 Å². The zero-order valence-corrected chi connectivity index (χ0v) is 6.85. The summed E-state index contributed by atoms with van der Waals surface area (Å²) in [6.45, 7) is 4.84. The van der Waals surface area contributed by atoms with Crippen LogP contribution in [0.3, 0.4) is 0 Å². The Bertz CT molecular complexity index is 89.9. The lowest BCUT2D eigenvalue weighted by Gasteiger charge is -2.32. The minimum absolute atomic E-state index is 0.285. The maximum Gasteiger partial charge on any atom is 0.0541 e. The minimum atomic E-state index is 0.285. The van der Waals surface area contributed by atoms with Gasteiger partial charge in [0.15, 0.2) is 0 Å². The second kappa shape index (κ2) is 3.35. The summed E-state index contributed by atoms with van der Waals surface area (Å²) in [6, 6.07) is 0. The van der Waals surface area contributed by atoms with E-state index in [0.29, 0.717) is 0 Å². The van der Waals surface area contributed by atoms with Crippen molar-refractivity contribution in [2.75, 3.05) is 26.9 Å². The highest BCUT2D eigenvalue weighted by atomic mass is 16.5. The van der Waals surface area contributed by atoms with Gasteiger partial charge in [0.2, 0.25) is 0 Å². The first kappa shape index (κ1) is 8.02. The number of hydrogen-bond acceptors (Lipinski definition) is 2. The van der Waals surface area contributed by atoms with Crippen molar-refractivity contribution in [1.82, 2.24) is 0 Å². The molecule has 2 heteroatoms. The van der Waals surface area contributed by atoms with E-state index in [4.69, 9.17) is 9.47 Å². The van der Waals surface area contributed by atoms with E-state index < -0.39 is 0 Å². The summed E-state index contributed by atoms with van der Waals surface area (Å²) in [4.78, 5) is 0. The predicted octanol–water partition coefficient (Wildman–Crippen LogP) is 1.45. The molecule has 10 heavy (non-hydrogen) atoms. The number of methoxy groups -OCH3 is 1. The van der Waals surface area contributed by atoms with E-state index in [1.54, 1.807) is 7.11 Å². The largest absolute Gasteiger partial charge is 0.384 e. The molecular weight excluding hydrogens is 128 g/mol. The van der Waals surface area contributed by atoms with Gasteiger partial charge < -0.3 is 9.47 Å². The van der Waals surface area contributed by atoms with E-state index in [1.165, 1.54) is 12.8 Å². The molecule has 1 atom stereocenters. The molecule has 0 spiro atoms. The second-order valence-electron chi connectivity index (χ2n) is 3.40. The van der Waals surface area contributed by atoms with Gasteiger partial charge in [0, 0.05) is 19.1 Å². The van der Waals surface area contributed by atoms with Crippen LogP contribution in [0.5, 0.6) is 0 Å². The first-order valence-electron chi connectivity index (χ1n) is 3.83. The summed E-state index contributed by atoms with van der Waals surface area (Å²) in [7, 11) is 1.75. The lowest BCUT2D eigenvalue weighted by Crippen LogP contribution is -2.32. The van der Waals surface area contributed by atoms with E-state index in [2.05, 4.69) is 6.92 Å². The molecule has 0 bridgehead atoms. The highest BCUT2D eigenvalue weighted by Crippen LogP contribution is 2.27. The SMILES string of the molecule is COCC1(C)CCCOC1. The number of rotatable bonds is 2. The molecule has 0 amide bonds. The van der Waals surface area contributed by atoms with Crippen molar-refractivity contribution in [3.8, 4) is 0 Å². The molecule has 0 aromatic heterocycles. The Hall–Kier alpha value is -0.0800. The molecule has 0 aromatic rings. The fraction of sp³-hybridized carbons (Fsp3) is 1.00. The van der Waals surface area contributed by atoms with Crippen LogP contribution in [0.25, 0.3) is 0 Å². The fourth-order valence-electron chi connectivity index (χ4n) is 1.45. The number of hydrogen-bond donors (Lipinski definition) is 0. The Morgan fingerprint density at radius 2 is 2.40 bits per heavy atom. The molecule has 1 heterocycles. The highest BCUT2D eigenvalue weighted by Gasteiger charge is 2.27. The molecule has 60 valence electrons. The maximum atomic E-state index is 5.36. The normalized spacial score (nSPS) is 34.2. The van der Waals surface area contributed by atoms with Crippen molar-refractivity contribution in [2.24, 2.45) is 5.41 Å². The third-order valence-electron chi connectivity index (χ3n) is 2.01. The summed E-state index contributed by atoms with van der Waals surface area (Å²) >= 11 is 0. The summed E-state index contributed by atoms with van der Waals surface area (Å²) in [5.74, 6) is 0. The van der Waals surface area contributed by atoms with Crippen molar-refractivity contribution in [3.05, 3.63) is 0 Å².